The summed E-state index contributed by atoms with van der Waals surface area (Å²) in [6, 6.07) is 9.66. The minimum absolute atomic E-state index is 0.0257. The van der Waals surface area contributed by atoms with Crippen LogP contribution in [0, 0.1) is 0 Å². The highest BCUT2D eigenvalue weighted by Crippen LogP contribution is 2.44. The van der Waals surface area contributed by atoms with Crippen molar-refractivity contribution in [1.82, 2.24) is 4.90 Å². The van der Waals surface area contributed by atoms with Crippen molar-refractivity contribution in [2.75, 3.05) is 34.5 Å². The van der Waals surface area contributed by atoms with Gasteiger partial charge in [0.1, 0.15) is 29.1 Å². The normalized spacial score (nSPS) is 20.9. The number of amides is 1. The minimum Gasteiger partial charge on any atom is -0.507 e. The molecule has 0 aliphatic carbocycles. The Bertz CT molecular complexity index is 1140. The average molecular weight is 468 g/mol. The minimum atomic E-state index is -0.818. The first-order chi connectivity index (χ1) is 16.4. The lowest BCUT2D eigenvalue weighted by Crippen LogP contribution is -2.31. The van der Waals surface area contributed by atoms with Gasteiger partial charge >= 0.3 is 0 Å². The quantitative estimate of drug-likeness (QED) is 0.275. The van der Waals surface area contributed by atoms with Gasteiger partial charge in [0.05, 0.1) is 25.8 Å². The zero-order chi connectivity index (χ0) is 24.4. The third-order valence-electron chi connectivity index (χ3n) is 6.19. The smallest absolute Gasteiger partial charge is 0.295 e. The van der Waals surface area contributed by atoms with Crippen molar-refractivity contribution in [2.45, 2.75) is 31.9 Å². The maximum absolute atomic E-state index is 13.2. The van der Waals surface area contributed by atoms with Gasteiger partial charge in [-0.3, -0.25) is 9.59 Å². The van der Waals surface area contributed by atoms with E-state index in [9.17, 15) is 14.7 Å². The molecule has 8 heteroatoms. The highest BCUT2D eigenvalue weighted by Gasteiger charge is 2.47. The lowest BCUT2D eigenvalue weighted by atomic mass is 9.93. The van der Waals surface area contributed by atoms with E-state index in [1.807, 2.05) is 13.0 Å². The van der Waals surface area contributed by atoms with E-state index in [0.717, 1.165) is 11.3 Å². The van der Waals surface area contributed by atoms with Crippen molar-refractivity contribution < 1.29 is 33.6 Å². The lowest BCUT2D eigenvalue weighted by Gasteiger charge is -2.26. The zero-order valence-corrected chi connectivity index (χ0v) is 19.8. The third kappa shape index (κ3) is 4.21. The maximum Gasteiger partial charge on any atom is 0.295 e. The summed E-state index contributed by atoms with van der Waals surface area (Å²) < 4.78 is 21.8. The summed E-state index contributed by atoms with van der Waals surface area (Å²) in [5.74, 6) is 0.159. The second-order valence-corrected chi connectivity index (χ2v) is 8.40. The van der Waals surface area contributed by atoms with Gasteiger partial charge in [-0.15, -0.1) is 0 Å². The summed E-state index contributed by atoms with van der Waals surface area (Å²) in [5, 5.41) is 11.3. The molecule has 0 radical (unpaired) electrons. The van der Waals surface area contributed by atoms with Crippen LogP contribution in [0.25, 0.3) is 5.76 Å². The topological polar surface area (TPSA) is 94.5 Å². The van der Waals surface area contributed by atoms with Crippen LogP contribution < -0.4 is 14.2 Å². The fraction of sp³-hybridized carbons (Fsp3) is 0.385. The number of carbonyl (C=O) groups excluding carboxylic acids is 2. The summed E-state index contributed by atoms with van der Waals surface area (Å²) in [5.41, 5.74) is 2.02. The highest BCUT2D eigenvalue weighted by atomic mass is 16.5. The van der Waals surface area contributed by atoms with E-state index in [4.69, 9.17) is 18.9 Å². The second kappa shape index (κ2) is 9.77. The molecule has 2 heterocycles. The second-order valence-electron chi connectivity index (χ2n) is 8.40. The number of benzene rings is 2. The fourth-order valence-corrected chi connectivity index (χ4v) is 4.58. The summed E-state index contributed by atoms with van der Waals surface area (Å²) >= 11 is 0. The number of hydrogen-bond donors (Lipinski definition) is 1. The van der Waals surface area contributed by atoms with Crippen LogP contribution in [0.4, 0.5) is 0 Å². The molecule has 2 aromatic carbocycles. The van der Waals surface area contributed by atoms with E-state index in [1.165, 1.54) is 12.0 Å². The molecule has 2 atom stereocenters. The number of nitrogens with zero attached hydrogens (tertiary/aromatic N) is 1. The molecular weight excluding hydrogens is 438 g/mol. The molecule has 2 unspecified atom stereocenters. The first kappa shape index (κ1) is 23.6. The van der Waals surface area contributed by atoms with Gasteiger partial charge in [0.15, 0.2) is 0 Å². The van der Waals surface area contributed by atoms with E-state index in [0.29, 0.717) is 42.1 Å². The molecule has 8 nitrogen and oxygen atoms in total. The van der Waals surface area contributed by atoms with Gasteiger partial charge in [-0.2, -0.15) is 0 Å². The first-order valence-electron chi connectivity index (χ1n) is 11.2. The third-order valence-corrected chi connectivity index (χ3v) is 6.19. The van der Waals surface area contributed by atoms with Crippen LogP contribution >= 0.6 is 0 Å². The van der Waals surface area contributed by atoms with E-state index in [2.05, 4.69) is 0 Å². The monoisotopic (exact) mass is 467 g/mol. The van der Waals surface area contributed by atoms with Crippen molar-refractivity contribution in [3.63, 3.8) is 0 Å². The molecular formula is C26H29NO7. The Morgan fingerprint density at radius 1 is 1.12 bits per heavy atom. The number of carbonyl (C=O) groups is 2. The van der Waals surface area contributed by atoms with Crippen molar-refractivity contribution in [2.24, 2.45) is 0 Å². The number of aliphatic hydroxyl groups excluding tert-OH is 1. The van der Waals surface area contributed by atoms with E-state index in [1.54, 1.807) is 44.6 Å². The van der Waals surface area contributed by atoms with Crippen LogP contribution in [0.15, 0.2) is 42.0 Å². The molecule has 0 saturated carbocycles. The number of hydrogen-bond acceptors (Lipinski definition) is 7. The number of fused-ring (bicyclic) bond motifs is 1. The molecule has 1 amide bonds. The Morgan fingerprint density at radius 3 is 2.62 bits per heavy atom. The maximum atomic E-state index is 13.2. The Hall–Kier alpha value is -3.52. The number of rotatable bonds is 8. The summed E-state index contributed by atoms with van der Waals surface area (Å²) in [4.78, 5) is 27.8. The number of likely N-dealkylation sites (tertiary alicyclic amines) is 1. The molecule has 0 aromatic heterocycles. The summed E-state index contributed by atoms with van der Waals surface area (Å²) in [7, 11) is 4.64. The molecule has 2 aromatic rings. The number of ketones is 1. The van der Waals surface area contributed by atoms with Gasteiger partial charge in [-0.25, -0.2) is 0 Å². The number of methoxy groups -OCH3 is 3. The Morgan fingerprint density at radius 2 is 1.91 bits per heavy atom. The fourth-order valence-electron chi connectivity index (χ4n) is 4.58. The van der Waals surface area contributed by atoms with Crippen LogP contribution in [0.1, 0.15) is 36.1 Å². The van der Waals surface area contributed by atoms with E-state index >= 15 is 0 Å². The predicted octanol–water partition coefficient (Wildman–Crippen LogP) is 3.49. The van der Waals surface area contributed by atoms with Crippen LogP contribution in [0.3, 0.4) is 0 Å². The van der Waals surface area contributed by atoms with E-state index < -0.39 is 17.7 Å². The molecule has 0 bridgehead atoms. The number of ether oxygens (including phenoxy) is 4. The Balaban J connectivity index is 1.85. The predicted molar refractivity (Wildman–Crippen MR) is 125 cm³/mol. The molecule has 34 heavy (non-hydrogen) atoms. The largest absolute Gasteiger partial charge is 0.507 e. The van der Waals surface area contributed by atoms with Gasteiger partial charge in [0.25, 0.3) is 11.7 Å². The van der Waals surface area contributed by atoms with Gasteiger partial charge < -0.3 is 29.0 Å². The Kier molecular flexibility index (Phi) is 6.79. The van der Waals surface area contributed by atoms with Crippen LogP contribution in [0.5, 0.6) is 17.2 Å². The lowest BCUT2D eigenvalue weighted by molar-refractivity contribution is -0.140. The average Bonchev–Trinajstić information content (AvgIpc) is 3.34. The SMILES string of the molecule is COCCCN1C(=O)C(=O)/C(=C(/O)c2ccc3c(c2)CC(C)O3)C1c1ccc(OC)cc1OC. The molecule has 4 rings (SSSR count). The van der Waals surface area contributed by atoms with Gasteiger partial charge in [0, 0.05) is 43.9 Å². The molecule has 1 fully saturated rings. The molecule has 1 N–H and O–H groups in total. The van der Waals surface area contributed by atoms with E-state index in [-0.39, 0.29) is 24.0 Å². The highest BCUT2D eigenvalue weighted by molar-refractivity contribution is 6.46. The van der Waals surface area contributed by atoms with Crippen molar-refractivity contribution in [1.29, 1.82) is 0 Å². The molecule has 0 spiro atoms. The van der Waals surface area contributed by atoms with Crippen LogP contribution in [0.2, 0.25) is 0 Å². The van der Waals surface area contributed by atoms with Crippen molar-refractivity contribution >= 4 is 17.4 Å². The van der Waals surface area contributed by atoms with Crippen LogP contribution in [-0.2, 0) is 20.7 Å². The molecule has 2 aliphatic rings. The number of aliphatic hydroxyl groups is 1. The zero-order valence-electron chi connectivity index (χ0n) is 19.8. The van der Waals surface area contributed by atoms with Gasteiger partial charge in [0.2, 0.25) is 0 Å². The molecule has 2 aliphatic heterocycles. The van der Waals surface area contributed by atoms with Crippen molar-refractivity contribution in [3.05, 3.63) is 58.7 Å². The Labute approximate surface area is 198 Å². The number of Topliss-reactive ketones (excluding diaryl/α,β-unsaturated/α-hetero) is 1. The van der Waals surface area contributed by atoms with Gasteiger partial charge in [-0.1, -0.05) is 0 Å². The molecule has 1 saturated heterocycles. The summed E-state index contributed by atoms with van der Waals surface area (Å²) in [6.07, 6.45) is 1.28. The first-order valence-corrected chi connectivity index (χ1v) is 11.2. The van der Waals surface area contributed by atoms with Gasteiger partial charge in [-0.05, 0) is 49.2 Å². The van der Waals surface area contributed by atoms with Crippen LogP contribution in [-0.4, -0.2) is 62.3 Å². The standard InChI is InChI=1S/C26H29NO7/c1-15-12-17-13-16(6-9-20(17)34-15)24(28)22-23(19-8-7-18(32-3)14-21(19)33-4)27(10-5-11-31-2)26(30)25(22)29/h6-9,13-15,23,28H,5,10-12H2,1-4H3/b24-22+. The summed E-state index contributed by atoms with van der Waals surface area (Å²) in [6.45, 7) is 2.68. The molecule has 180 valence electrons. The van der Waals surface area contributed by atoms with Crippen molar-refractivity contribution in [3.8, 4) is 17.2 Å².